The predicted molar refractivity (Wildman–Crippen MR) is 76.7 cm³/mol. The van der Waals surface area contributed by atoms with Crippen molar-refractivity contribution in [2.45, 2.75) is 25.3 Å². The van der Waals surface area contributed by atoms with Crippen molar-refractivity contribution in [2.75, 3.05) is 20.3 Å². The molecule has 118 valence electrons. The number of nitrogens with one attached hydrogen (secondary N) is 1. The van der Waals surface area contributed by atoms with Crippen LogP contribution in [0, 0.1) is 5.41 Å². The Balaban J connectivity index is 2.75. The van der Waals surface area contributed by atoms with E-state index < -0.39 is 16.0 Å². The second-order valence-corrected chi connectivity index (χ2v) is 7.14. The molecule has 0 aromatic carbocycles. The minimum absolute atomic E-state index is 0.0608. The smallest absolute Gasteiger partial charge is 0.337 e. The van der Waals surface area contributed by atoms with Gasteiger partial charge in [0.25, 0.3) is 10.0 Å². The van der Waals surface area contributed by atoms with E-state index in [1.807, 2.05) is 13.8 Å². The van der Waals surface area contributed by atoms with E-state index in [1.165, 1.54) is 12.1 Å². The van der Waals surface area contributed by atoms with Gasteiger partial charge in [-0.05, 0) is 24.0 Å². The molecule has 1 aromatic heterocycles. The summed E-state index contributed by atoms with van der Waals surface area (Å²) >= 11 is 0. The van der Waals surface area contributed by atoms with Crippen LogP contribution in [0.25, 0.3) is 0 Å². The molecule has 0 fully saturated rings. The predicted octanol–water partition coefficient (Wildman–Crippen LogP) is 1.12. The van der Waals surface area contributed by atoms with Gasteiger partial charge in [-0.1, -0.05) is 13.8 Å². The highest BCUT2D eigenvalue weighted by atomic mass is 32.2. The first kappa shape index (κ1) is 17.5. The standard InChI is InChI=1S/C13H20N2O5S/c1-13(2,6-7-20-3)9-15-21(18,19)11-5-4-10(8-14-11)12(16)17/h4-5,8,15H,6-7,9H2,1-3H3,(H,16,17). The van der Waals surface area contributed by atoms with E-state index in [-0.39, 0.29) is 22.5 Å². The molecule has 21 heavy (non-hydrogen) atoms. The van der Waals surface area contributed by atoms with Crippen LogP contribution in [0.15, 0.2) is 23.4 Å². The summed E-state index contributed by atoms with van der Waals surface area (Å²) in [6.45, 7) is 4.63. The van der Waals surface area contributed by atoms with Crippen LogP contribution in [0.3, 0.4) is 0 Å². The molecule has 1 rings (SSSR count). The van der Waals surface area contributed by atoms with Gasteiger partial charge in [0.05, 0.1) is 5.56 Å². The average Bonchev–Trinajstić information content (AvgIpc) is 2.43. The molecule has 1 aromatic rings. The van der Waals surface area contributed by atoms with Crippen molar-refractivity contribution in [3.8, 4) is 0 Å². The molecule has 0 aliphatic heterocycles. The molecule has 0 amide bonds. The van der Waals surface area contributed by atoms with Gasteiger partial charge in [-0.15, -0.1) is 0 Å². The Kier molecular flexibility index (Phi) is 5.82. The van der Waals surface area contributed by atoms with Crippen molar-refractivity contribution in [1.82, 2.24) is 9.71 Å². The number of ether oxygens (including phenoxy) is 1. The van der Waals surface area contributed by atoms with E-state index in [0.717, 1.165) is 6.20 Å². The maximum atomic E-state index is 12.1. The molecular weight excluding hydrogens is 296 g/mol. The fraction of sp³-hybridized carbons (Fsp3) is 0.538. The largest absolute Gasteiger partial charge is 0.478 e. The van der Waals surface area contributed by atoms with E-state index in [9.17, 15) is 13.2 Å². The second kappa shape index (κ2) is 6.97. The third-order valence-corrected chi connectivity index (χ3v) is 4.30. The molecule has 0 spiro atoms. The summed E-state index contributed by atoms with van der Waals surface area (Å²) in [5.74, 6) is -1.15. The van der Waals surface area contributed by atoms with Crippen LogP contribution in [-0.2, 0) is 14.8 Å². The summed E-state index contributed by atoms with van der Waals surface area (Å²) in [5, 5.41) is 8.56. The first-order chi connectivity index (χ1) is 9.68. The number of aromatic nitrogens is 1. The van der Waals surface area contributed by atoms with Crippen molar-refractivity contribution < 1.29 is 23.1 Å². The molecule has 0 atom stereocenters. The summed E-state index contributed by atoms with van der Waals surface area (Å²) in [6.07, 6.45) is 1.73. The summed E-state index contributed by atoms with van der Waals surface area (Å²) in [7, 11) is -2.16. The molecule has 1 heterocycles. The lowest BCUT2D eigenvalue weighted by molar-refractivity contribution is 0.0696. The molecule has 0 unspecified atom stereocenters. The first-order valence-corrected chi connectivity index (χ1v) is 7.84. The summed E-state index contributed by atoms with van der Waals surface area (Å²) in [4.78, 5) is 14.4. The van der Waals surface area contributed by atoms with Crippen molar-refractivity contribution in [3.05, 3.63) is 23.9 Å². The maximum Gasteiger partial charge on any atom is 0.337 e. The second-order valence-electron chi connectivity index (χ2n) is 5.42. The van der Waals surface area contributed by atoms with Crippen molar-refractivity contribution in [1.29, 1.82) is 0 Å². The lowest BCUT2D eigenvalue weighted by Gasteiger charge is -2.24. The van der Waals surface area contributed by atoms with Gasteiger partial charge in [-0.3, -0.25) is 0 Å². The topological polar surface area (TPSA) is 106 Å². The minimum Gasteiger partial charge on any atom is -0.478 e. The molecule has 7 nitrogen and oxygen atoms in total. The Hall–Kier alpha value is -1.51. The number of aromatic carboxylic acids is 1. The number of carbonyl (C=O) groups is 1. The van der Waals surface area contributed by atoms with Crippen molar-refractivity contribution >= 4 is 16.0 Å². The minimum atomic E-state index is -3.76. The third-order valence-electron chi connectivity index (χ3n) is 2.98. The third kappa shape index (κ3) is 5.41. The number of rotatable bonds is 8. The van der Waals surface area contributed by atoms with Crippen molar-refractivity contribution in [2.24, 2.45) is 5.41 Å². The first-order valence-electron chi connectivity index (χ1n) is 6.36. The van der Waals surface area contributed by atoms with Crippen LogP contribution in [-0.4, -0.2) is 44.7 Å². The highest BCUT2D eigenvalue weighted by Crippen LogP contribution is 2.19. The lowest BCUT2D eigenvalue weighted by atomic mass is 9.90. The quantitative estimate of drug-likeness (QED) is 0.744. The van der Waals surface area contributed by atoms with E-state index in [0.29, 0.717) is 13.0 Å². The van der Waals surface area contributed by atoms with Crippen molar-refractivity contribution in [3.63, 3.8) is 0 Å². The molecule has 8 heteroatoms. The zero-order valence-corrected chi connectivity index (χ0v) is 13.1. The number of methoxy groups -OCH3 is 1. The van der Waals surface area contributed by atoms with Gasteiger partial charge >= 0.3 is 5.97 Å². The van der Waals surface area contributed by atoms with Crippen LogP contribution in [0.1, 0.15) is 30.6 Å². The summed E-state index contributed by atoms with van der Waals surface area (Å²) in [6, 6.07) is 2.38. The number of pyridine rings is 1. The Labute approximate surface area is 124 Å². The molecule has 0 saturated heterocycles. The zero-order valence-electron chi connectivity index (χ0n) is 12.3. The normalized spacial score (nSPS) is 12.3. The highest BCUT2D eigenvalue weighted by molar-refractivity contribution is 7.89. The number of hydrogen-bond acceptors (Lipinski definition) is 5. The number of carboxylic acids is 1. The molecule has 0 aliphatic rings. The number of nitrogens with zero attached hydrogens (tertiary/aromatic N) is 1. The van der Waals surface area contributed by atoms with E-state index in [1.54, 1.807) is 7.11 Å². The monoisotopic (exact) mass is 316 g/mol. The Morgan fingerprint density at radius 1 is 1.43 bits per heavy atom. The summed E-state index contributed by atoms with van der Waals surface area (Å²) in [5.41, 5.74) is -0.321. The number of carboxylic acid groups (broad SMARTS) is 1. The van der Waals surface area contributed by atoms with Gasteiger partial charge in [0.1, 0.15) is 0 Å². The fourth-order valence-corrected chi connectivity index (χ4v) is 2.66. The van der Waals surface area contributed by atoms with Crippen LogP contribution in [0.2, 0.25) is 0 Å². The van der Waals surface area contributed by atoms with Crippen LogP contribution >= 0.6 is 0 Å². The molecule has 0 aliphatic carbocycles. The Morgan fingerprint density at radius 3 is 2.57 bits per heavy atom. The van der Waals surface area contributed by atoms with E-state index >= 15 is 0 Å². The molecule has 0 radical (unpaired) electrons. The molecule has 0 bridgehead atoms. The number of sulfonamides is 1. The van der Waals surface area contributed by atoms with Gasteiger partial charge in [0, 0.05) is 26.5 Å². The van der Waals surface area contributed by atoms with Crippen LogP contribution in [0.4, 0.5) is 0 Å². The maximum absolute atomic E-state index is 12.1. The van der Waals surface area contributed by atoms with Gasteiger partial charge in [-0.2, -0.15) is 0 Å². The zero-order chi connectivity index (χ0) is 16.1. The van der Waals surface area contributed by atoms with Crippen LogP contribution < -0.4 is 4.72 Å². The fourth-order valence-electron chi connectivity index (χ4n) is 1.50. The van der Waals surface area contributed by atoms with Gasteiger partial charge in [-0.25, -0.2) is 22.9 Å². The van der Waals surface area contributed by atoms with Gasteiger partial charge < -0.3 is 9.84 Å². The van der Waals surface area contributed by atoms with Gasteiger partial charge in [0.2, 0.25) is 0 Å². The highest BCUT2D eigenvalue weighted by Gasteiger charge is 2.23. The molecule has 0 saturated carbocycles. The van der Waals surface area contributed by atoms with Crippen LogP contribution in [0.5, 0.6) is 0 Å². The average molecular weight is 316 g/mol. The lowest BCUT2D eigenvalue weighted by Crippen LogP contribution is -2.35. The summed E-state index contributed by atoms with van der Waals surface area (Å²) < 4.78 is 31.6. The van der Waals surface area contributed by atoms with E-state index in [4.69, 9.17) is 9.84 Å². The Bertz CT molecular complexity index is 581. The molecular formula is C13H20N2O5S. The number of hydrogen-bond donors (Lipinski definition) is 2. The SMILES string of the molecule is COCCC(C)(C)CNS(=O)(=O)c1ccc(C(=O)O)cn1. The molecule has 2 N–H and O–H groups in total. The van der Waals surface area contributed by atoms with Gasteiger partial charge in [0.15, 0.2) is 5.03 Å². The van der Waals surface area contributed by atoms with E-state index in [2.05, 4.69) is 9.71 Å². The Morgan fingerprint density at radius 2 is 2.10 bits per heavy atom.